The monoisotopic (exact) mass is 290 g/mol. The second-order valence-electron chi connectivity index (χ2n) is 4.81. The van der Waals surface area contributed by atoms with Gasteiger partial charge in [-0.15, -0.1) is 0 Å². The Hall–Kier alpha value is -2.30. The lowest BCUT2D eigenvalue weighted by Crippen LogP contribution is -2.35. The zero-order valence-corrected chi connectivity index (χ0v) is 12.7. The van der Waals surface area contributed by atoms with Crippen LogP contribution in [0.15, 0.2) is 30.3 Å². The maximum Gasteiger partial charge on any atom is 0.244 e. The summed E-state index contributed by atoms with van der Waals surface area (Å²) in [5.74, 6) is 0.436. The first-order chi connectivity index (χ1) is 10.0. The molecule has 0 saturated heterocycles. The molecule has 0 atom stereocenters. The van der Waals surface area contributed by atoms with E-state index in [0.717, 1.165) is 5.56 Å². The molecule has 2 amide bonds. The third-order valence-electron chi connectivity index (χ3n) is 2.80. The van der Waals surface area contributed by atoms with Crippen molar-refractivity contribution >= 4 is 17.9 Å². The zero-order chi connectivity index (χ0) is 15.7. The summed E-state index contributed by atoms with van der Waals surface area (Å²) in [5, 5.41) is 5.44. The van der Waals surface area contributed by atoms with Crippen molar-refractivity contribution in [3.63, 3.8) is 0 Å². The Bertz CT molecular complexity index is 510. The molecule has 5 nitrogen and oxygen atoms in total. The van der Waals surface area contributed by atoms with E-state index in [1.165, 1.54) is 6.08 Å². The number of rotatable bonds is 7. The van der Waals surface area contributed by atoms with Crippen molar-refractivity contribution < 1.29 is 14.3 Å². The Balaban J connectivity index is 2.37. The minimum absolute atomic E-state index is 0.0196. The molecule has 21 heavy (non-hydrogen) atoms. The van der Waals surface area contributed by atoms with Gasteiger partial charge in [0.15, 0.2) is 0 Å². The highest BCUT2D eigenvalue weighted by molar-refractivity contribution is 5.92. The van der Waals surface area contributed by atoms with Crippen molar-refractivity contribution in [2.24, 2.45) is 5.92 Å². The van der Waals surface area contributed by atoms with Gasteiger partial charge in [0.1, 0.15) is 5.75 Å². The molecule has 0 aliphatic carbocycles. The summed E-state index contributed by atoms with van der Waals surface area (Å²) in [6.45, 7) is 4.46. The van der Waals surface area contributed by atoms with Gasteiger partial charge >= 0.3 is 0 Å². The Labute approximate surface area is 125 Å². The fourth-order valence-electron chi connectivity index (χ4n) is 1.60. The van der Waals surface area contributed by atoms with Gasteiger partial charge in [0.2, 0.25) is 11.8 Å². The third-order valence-corrected chi connectivity index (χ3v) is 2.80. The summed E-state index contributed by atoms with van der Waals surface area (Å²) in [5.41, 5.74) is 0.836. The first-order valence-corrected chi connectivity index (χ1v) is 6.91. The van der Waals surface area contributed by atoms with Gasteiger partial charge in [-0.05, 0) is 12.1 Å². The topological polar surface area (TPSA) is 67.4 Å². The van der Waals surface area contributed by atoms with E-state index >= 15 is 0 Å². The number of para-hydroxylation sites is 1. The molecule has 0 unspecified atom stereocenters. The van der Waals surface area contributed by atoms with Crippen LogP contribution in [-0.2, 0) is 9.59 Å². The van der Waals surface area contributed by atoms with Crippen molar-refractivity contribution in [3.8, 4) is 5.75 Å². The summed E-state index contributed by atoms with van der Waals surface area (Å²) in [6.07, 6.45) is 3.14. The van der Waals surface area contributed by atoms with Crippen LogP contribution in [-0.4, -0.2) is 32.0 Å². The van der Waals surface area contributed by atoms with Gasteiger partial charge in [-0.3, -0.25) is 9.59 Å². The van der Waals surface area contributed by atoms with Crippen LogP contribution in [0.3, 0.4) is 0 Å². The fraction of sp³-hybridized carbons (Fsp3) is 0.375. The molecule has 0 fully saturated rings. The van der Waals surface area contributed by atoms with Crippen LogP contribution in [0.5, 0.6) is 5.75 Å². The van der Waals surface area contributed by atoms with Crippen LogP contribution < -0.4 is 15.4 Å². The molecule has 2 N–H and O–H groups in total. The second-order valence-corrected chi connectivity index (χ2v) is 4.81. The van der Waals surface area contributed by atoms with Crippen LogP contribution in [0, 0.1) is 5.92 Å². The first-order valence-electron chi connectivity index (χ1n) is 6.91. The summed E-state index contributed by atoms with van der Waals surface area (Å²) in [6, 6.07) is 7.44. The molecular weight excluding hydrogens is 268 g/mol. The van der Waals surface area contributed by atoms with Gasteiger partial charge in [0.25, 0.3) is 0 Å². The summed E-state index contributed by atoms with van der Waals surface area (Å²) >= 11 is 0. The van der Waals surface area contributed by atoms with E-state index < -0.39 is 0 Å². The summed E-state index contributed by atoms with van der Waals surface area (Å²) < 4.78 is 5.19. The molecule has 0 spiro atoms. The molecule has 0 radical (unpaired) electrons. The highest BCUT2D eigenvalue weighted by atomic mass is 16.5. The molecule has 1 rings (SSSR count). The second kappa shape index (κ2) is 8.79. The van der Waals surface area contributed by atoms with E-state index in [4.69, 9.17) is 4.74 Å². The van der Waals surface area contributed by atoms with Crippen molar-refractivity contribution in [1.82, 2.24) is 10.6 Å². The lowest BCUT2D eigenvalue weighted by Gasteiger charge is -2.07. The van der Waals surface area contributed by atoms with E-state index in [1.54, 1.807) is 13.2 Å². The van der Waals surface area contributed by atoms with Crippen LogP contribution in [0.2, 0.25) is 0 Å². The summed E-state index contributed by atoms with van der Waals surface area (Å²) in [7, 11) is 1.59. The molecule has 0 aliphatic rings. The largest absolute Gasteiger partial charge is 0.496 e. The Morgan fingerprint density at radius 3 is 2.52 bits per heavy atom. The van der Waals surface area contributed by atoms with Gasteiger partial charge in [0, 0.05) is 30.6 Å². The van der Waals surface area contributed by atoms with Crippen molar-refractivity contribution in [2.45, 2.75) is 13.8 Å². The molecule has 0 aromatic heterocycles. The van der Waals surface area contributed by atoms with E-state index in [1.807, 2.05) is 38.1 Å². The normalized spacial score (nSPS) is 10.7. The van der Waals surface area contributed by atoms with Crippen LogP contribution >= 0.6 is 0 Å². The third kappa shape index (κ3) is 6.12. The SMILES string of the molecule is COc1ccccc1C=CC(=O)NCCNC(=O)C(C)C. The van der Waals surface area contributed by atoms with E-state index in [0.29, 0.717) is 18.8 Å². The number of amides is 2. The number of methoxy groups -OCH3 is 1. The smallest absolute Gasteiger partial charge is 0.244 e. The molecule has 0 bridgehead atoms. The molecule has 0 heterocycles. The molecule has 5 heteroatoms. The molecule has 0 saturated carbocycles. The predicted molar refractivity (Wildman–Crippen MR) is 82.9 cm³/mol. The quantitative estimate of drug-likeness (QED) is 0.592. The maximum absolute atomic E-state index is 11.6. The average Bonchev–Trinajstić information content (AvgIpc) is 2.49. The molecule has 0 aliphatic heterocycles. The lowest BCUT2D eigenvalue weighted by molar-refractivity contribution is -0.124. The minimum Gasteiger partial charge on any atom is -0.496 e. The average molecular weight is 290 g/mol. The number of carbonyl (C=O) groups excluding carboxylic acids is 2. The van der Waals surface area contributed by atoms with Gasteiger partial charge in [-0.1, -0.05) is 32.0 Å². The van der Waals surface area contributed by atoms with Crippen LogP contribution in [0.4, 0.5) is 0 Å². The van der Waals surface area contributed by atoms with Crippen LogP contribution in [0.25, 0.3) is 6.08 Å². The lowest BCUT2D eigenvalue weighted by atomic mass is 10.2. The van der Waals surface area contributed by atoms with Crippen LogP contribution in [0.1, 0.15) is 19.4 Å². The Kier molecular flexibility index (Phi) is 7.01. The first kappa shape index (κ1) is 16.8. The predicted octanol–water partition coefficient (Wildman–Crippen LogP) is 1.60. The highest BCUT2D eigenvalue weighted by Crippen LogP contribution is 2.18. The number of nitrogens with one attached hydrogen (secondary N) is 2. The Morgan fingerprint density at radius 1 is 1.19 bits per heavy atom. The number of ether oxygens (including phenoxy) is 1. The molecular formula is C16H22N2O3. The van der Waals surface area contributed by atoms with Gasteiger partial charge < -0.3 is 15.4 Å². The van der Waals surface area contributed by atoms with E-state index in [-0.39, 0.29) is 17.7 Å². The maximum atomic E-state index is 11.6. The van der Waals surface area contributed by atoms with E-state index in [9.17, 15) is 9.59 Å². The molecule has 1 aromatic carbocycles. The number of carbonyl (C=O) groups is 2. The fourth-order valence-corrected chi connectivity index (χ4v) is 1.60. The Morgan fingerprint density at radius 2 is 1.86 bits per heavy atom. The number of hydrogen-bond donors (Lipinski definition) is 2. The highest BCUT2D eigenvalue weighted by Gasteiger charge is 2.05. The van der Waals surface area contributed by atoms with Crippen molar-refractivity contribution in [2.75, 3.05) is 20.2 Å². The van der Waals surface area contributed by atoms with Gasteiger partial charge in [-0.25, -0.2) is 0 Å². The zero-order valence-electron chi connectivity index (χ0n) is 12.7. The van der Waals surface area contributed by atoms with Gasteiger partial charge in [-0.2, -0.15) is 0 Å². The molecule has 1 aromatic rings. The van der Waals surface area contributed by atoms with E-state index in [2.05, 4.69) is 10.6 Å². The van der Waals surface area contributed by atoms with Crippen molar-refractivity contribution in [3.05, 3.63) is 35.9 Å². The summed E-state index contributed by atoms with van der Waals surface area (Å²) in [4.78, 5) is 23.0. The minimum atomic E-state index is -0.209. The van der Waals surface area contributed by atoms with Gasteiger partial charge in [0.05, 0.1) is 7.11 Å². The number of hydrogen-bond acceptors (Lipinski definition) is 3. The standard InChI is InChI=1S/C16H22N2O3/c1-12(2)16(20)18-11-10-17-15(19)9-8-13-6-4-5-7-14(13)21-3/h4-9,12H,10-11H2,1-3H3,(H,17,19)(H,18,20). The number of benzene rings is 1. The molecule has 114 valence electrons. The van der Waals surface area contributed by atoms with Crippen molar-refractivity contribution in [1.29, 1.82) is 0 Å².